The monoisotopic (exact) mass is 294 g/mol. The van der Waals surface area contributed by atoms with Gasteiger partial charge >= 0.3 is 5.97 Å². The lowest BCUT2D eigenvalue weighted by molar-refractivity contribution is -0.141. The van der Waals surface area contributed by atoms with Gasteiger partial charge in [0, 0.05) is 18.5 Å². The summed E-state index contributed by atoms with van der Waals surface area (Å²) >= 11 is 1.74. The number of esters is 1. The molecular weight excluding hydrogens is 272 g/mol. The number of hydrogen-bond acceptors (Lipinski definition) is 5. The molecule has 5 heteroatoms. The maximum atomic E-state index is 11.4. The van der Waals surface area contributed by atoms with Crippen molar-refractivity contribution in [3.8, 4) is 0 Å². The van der Waals surface area contributed by atoms with E-state index in [0.29, 0.717) is 6.42 Å². The van der Waals surface area contributed by atoms with Crippen LogP contribution in [0, 0.1) is 5.41 Å². The molecule has 1 heterocycles. The number of thioether (sulfide) groups is 1. The van der Waals surface area contributed by atoms with E-state index in [9.17, 15) is 4.79 Å². The van der Waals surface area contributed by atoms with Gasteiger partial charge in [-0.3, -0.25) is 4.79 Å². The van der Waals surface area contributed by atoms with Crippen LogP contribution in [0.25, 0.3) is 0 Å². The molecular formula is C15H22N2O2S. The van der Waals surface area contributed by atoms with Gasteiger partial charge < -0.3 is 10.1 Å². The second-order valence-corrected chi connectivity index (χ2v) is 6.32. The molecule has 1 aromatic rings. The van der Waals surface area contributed by atoms with E-state index >= 15 is 0 Å². The average Bonchev–Trinajstić information content (AvgIpc) is 3.24. The fraction of sp³-hybridized carbons (Fsp3) is 0.600. The van der Waals surface area contributed by atoms with Gasteiger partial charge in [0.1, 0.15) is 0 Å². The SMILES string of the molecule is CCNCc1ccc(SCC2(CC(=O)OC)CC2)nc1. The molecule has 0 unspecified atom stereocenters. The van der Waals surface area contributed by atoms with Crippen LogP contribution in [0.3, 0.4) is 0 Å². The van der Waals surface area contributed by atoms with Crippen LogP contribution in [-0.4, -0.2) is 30.4 Å². The van der Waals surface area contributed by atoms with Crippen molar-refractivity contribution in [2.24, 2.45) is 5.41 Å². The molecule has 2 rings (SSSR count). The average molecular weight is 294 g/mol. The maximum absolute atomic E-state index is 11.4. The van der Waals surface area contributed by atoms with Crippen molar-refractivity contribution in [3.63, 3.8) is 0 Å². The number of rotatable bonds is 8. The normalized spacial score (nSPS) is 15.9. The largest absolute Gasteiger partial charge is 0.469 e. The van der Waals surface area contributed by atoms with Gasteiger partial charge in [0.2, 0.25) is 0 Å². The molecule has 1 saturated carbocycles. The van der Waals surface area contributed by atoms with Crippen LogP contribution in [0.2, 0.25) is 0 Å². The summed E-state index contributed by atoms with van der Waals surface area (Å²) in [6.45, 7) is 3.92. The number of carbonyl (C=O) groups is 1. The van der Waals surface area contributed by atoms with E-state index in [1.807, 2.05) is 6.20 Å². The minimum Gasteiger partial charge on any atom is -0.469 e. The van der Waals surface area contributed by atoms with E-state index < -0.39 is 0 Å². The van der Waals surface area contributed by atoms with E-state index in [0.717, 1.165) is 36.7 Å². The molecule has 1 fully saturated rings. The number of nitrogens with one attached hydrogen (secondary N) is 1. The van der Waals surface area contributed by atoms with Gasteiger partial charge in [0.05, 0.1) is 18.6 Å². The van der Waals surface area contributed by atoms with Crippen molar-refractivity contribution >= 4 is 17.7 Å². The Morgan fingerprint density at radius 2 is 2.30 bits per heavy atom. The minimum absolute atomic E-state index is 0.1000. The van der Waals surface area contributed by atoms with E-state index in [2.05, 4.69) is 29.4 Å². The zero-order valence-corrected chi connectivity index (χ0v) is 13.0. The van der Waals surface area contributed by atoms with Gasteiger partial charge in [-0.25, -0.2) is 4.98 Å². The Labute approximate surface area is 124 Å². The smallest absolute Gasteiger partial charge is 0.306 e. The summed E-state index contributed by atoms with van der Waals surface area (Å²) in [5.74, 6) is 0.846. The number of ether oxygens (including phenoxy) is 1. The number of aromatic nitrogens is 1. The predicted molar refractivity (Wildman–Crippen MR) is 80.6 cm³/mol. The second-order valence-electron chi connectivity index (χ2n) is 5.33. The van der Waals surface area contributed by atoms with Gasteiger partial charge in [-0.2, -0.15) is 0 Å². The van der Waals surface area contributed by atoms with Gasteiger partial charge in [-0.15, -0.1) is 11.8 Å². The summed E-state index contributed by atoms with van der Waals surface area (Å²) in [4.78, 5) is 15.8. The molecule has 0 saturated heterocycles. The van der Waals surface area contributed by atoms with Crippen molar-refractivity contribution in [2.75, 3.05) is 19.4 Å². The highest BCUT2D eigenvalue weighted by atomic mass is 32.2. The molecule has 0 spiro atoms. The molecule has 0 atom stereocenters. The van der Waals surface area contributed by atoms with E-state index in [4.69, 9.17) is 4.74 Å². The Morgan fingerprint density at radius 1 is 1.50 bits per heavy atom. The van der Waals surface area contributed by atoms with Crippen molar-refractivity contribution in [3.05, 3.63) is 23.9 Å². The third-order valence-electron chi connectivity index (χ3n) is 3.61. The number of pyridine rings is 1. The van der Waals surface area contributed by atoms with Crippen molar-refractivity contribution in [1.82, 2.24) is 10.3 Å². The summed E-state index contributed by atoms with van der Waals surface area (Å²) in [7, 11) is 1.45. The number of carbonyl (C=O) groups excluding carboxylic acids is 1. The summed E-state index contributed by atoms with van der Waals surface area (Å²) in [6, 6.07) is 4.17. The zero-order chi connectivity index (χ0) is 14.4. The van der Waals surface area contributed by atoms with Crippen LogP contribution in [0.5, 0.6) is 0 Å². The fourth-order valence-electron chi connectivity index (χ4n) is 2.02. The highest BCUT2D eigenvalue weighted by Crippen LogP contribution is 2.51. The molecule has 1 aliphatic rings. The third-order valence-corrected chi connectivity index (χ3v) is 4.90. The van der Waals surface area contributed by atoms with Crippen molar-refractivity contribution in [1.29, 1.82) is 0 Å². The molecule has 20 heavy (non-hydrogen) atoms. The first-order valence-corrected chi connectivity index (χ1v) is 8.01. The quantitative estimate of drug-likeness (QED) is 0.590. The second kappa shape index (κ2) is 7.09. The summed E-state index contributed by atoms with van der Waals surface area (Å²) in [5, 5.41) is 4.31. The third kappa shape index (κ3) is 4.49. The first kappa shape index (κ1) is 15.3. The molecule has 1 aliphatic carbocycles. The van der Waals surface area contributed by atoms with E-state index in [1.165, 1.54) is 12.7 Å². The number of nitrogens with zero attached hydrogens (tertiary/aromatic N) is 1. The molecule has 1 N–H and O–H groups in total. The van der Waals surface area contributed by atoms with Gasteiger partial charge in [-0.05, 0) is 36.4 Å². The van der Waals surface area contributed by atoms with Gasteiger partial charge in [0.25, 0.3) is 0 Å². The van der Waals surface area contributed by atoms with Crippen LogP contribution in [0.4, 0.5) is 0 Å². The van der Waals surface area contributed by atoms with Crippen LogP contribution in [-0.2, 0) is 16.1 Å². The standard InChI is InChI=1S/C15H22N2O2S/c1-3-16-9-12-4-5-13(17-10-12)20-11-15(6-7-15)8-14(18)19-2/h4-5,10,16H,3,6-9,11H2,1-2H3. The summed E-state index contributed by atoms with van der Waals surface area (Å²) < 4.78 is 4.76. The highest BCUT2D eigenvalue weighted by Gasteiger charge is 2.44. The van der Waals surface area contributed by atoms with Crippen LogP contribution >= 0.6 is 11.8 Å². The van der Waals surface area contributed by atoms with Crippen molar-refractivity contribution < 1.29 is 9.53 Å². The maximum Gasteiger partial charge on any atom is 0.306 e. The molecule has 1 aromatic heterocycles. The van der Waals surface area contributed by atoms with E-state index in [1.54, 1.807) is 11.8 Å². The van der Waals surface area contributed by atoms with Gasteiger partial charge in [-0.1, -0.05) is 13.0 Å². The van der Waals surface area contributed by atoms with Crippen LogP contribution in [0.15, 0.2) is 23.4 Å². The summed E-state index contributed by atoms with van der Waals surface area (Å²) in [6.07, 6.45) is 4.70. The molecule has 0 bridgehead atoms. The Kier molecular flexibility index (Phi) is 5.43. The molecule has 110 valence electrons. The lowest BCUT2D eigenvalue weighted by Gasteiger charge is -2.12. The predicted octanol–water partition coefficient (Wildman–Crippen LogP) is 2.63. The van der Waals surface area contributed by atoms with Gasteiger partial charge in [0.15, 0.2) is 0 Å². The topological polar surface area (TPSA) is 51.2 Å². The zero-order valence-electron chi connectivity index (χ0n) is 12.1. The Hall–Kier alpha value is -1.07. The Bertz CT molecular complexity index is 444. The Morgan fingerprint density at radius 3 is 2.85 bits per heavy atom. The lowest BCUT2D eigenvalue weighted by atomic mass is 10.1. The first-order chi connectivity index (χ1) is 9.67. The fourth-order valence-corrected chi connectivity index (χ4v) is 3.16. The lowest BCUT2D eigenvalue weighted by Crippen LogP contribution is -2.13. The minimum atomic E-state index is -0.1000. The van der Waals surface area contributed by atoms with Crippen molar-refractivity contribution in [2.45, 2.75) is 37.8 Å². The molecule has 0 radical (unpaired) electrons. The highest BCUT2D eigenvalue weighted by molar-refractivity contribution is 7.99. The number of methoxy groups -OCH3 is 1. The Balaban J connectivity index is 1.80. The number of hydrogen-bond donors (Lipinski definition) is 1. The van der Waals surface area contributed by atoms with E-state index in [-0.39, 0.29) is 11.4 Å². The molecule has 0 amide bonds. The first-order valence-electron chi connectivity index (χ1n) is 7.03. The van der Waals surface area contributed by atoms with Crippen LogP contribution < -0.4 is 5.32 Å². The van der Waals surface area contributed by atoms with Crippen LogP contribution in [0.1, 0.15) is 31.7 Å². The molecule has 0 aliphatic heterocycles. The molecule has 4 nitrogen and oxygen atoms in total. The molecule has 0 aromatic carbocycles. The summed E-state index contributed by atoms with van der Waals surface area (Å²) in [5.41, 5.74) is 1.36.